The van der Waals surface area contributed by atoms with Gasteiger partial charge in [-0.1, -0.05) is 0 Å². The molecule has 1 heterocycles. The third kappa shape index (κ3) is 3.56. The van der Waals surface area contributed by atoms with Gasteiger partial charge < -0.3 is 5.32 Å². The summed E-state index contributed by atoms with van der Waals surface area (Å²) in [6.07, 6.45) is 0. The third-order valence-corrected chi connectivity index (χ3v) is 5.13. The lowest BCUT2D eigenvalue weighted by Gasteiger charge is -2.06. The van der Waals surface area contributed by atoms with Gasteiger partial charge in [-0.15, -0.1) is 11.3 Å². The maximum atomic E-state index is 11.6. The number of hydrogen-bond donors (Lipinski definition) is 2. The number of benzene rings is 1. The van der Waals surface area contributed by atoms with Crippen LogP contribution < -0.4 is 10.0 Å². The second-order valence-electron chi connectivity index (χ2n) is 4.10. The van der Waals surface area contributed by atoms with Gasteiger partial charge in [0.1, 0.15) is 0 Å². The predicted molar refractivity (Wildman–Crippen MR) is 79.1 cm³/mol. The minimum Gasteiger partial charge on any atom is -0.380 e. The number of anilines is 1. The Hall–Kier alpha value is -1.37. The van der Waals surface area contributed by atoms with Crippen LogP contribution in [0, 0.1) is 6.92 Å². The van der Waals surface area contributed by atoms with Crippen LogP contribution in [0.1, 0.15) is 9.75 Å². The Kier molecular flexibility index (Phi) is 4.24. The molecule has 0 amide bonds. The van der Waals surface area contributed by atoms with E-state index < -0.39 is 10.0 Å². The summed E-state index contributed by atoms with van der Waals surface area (Å²) in [4.78, 5) is 2.81. The minimum absolute atomic E-state index is 0.271. The molecule has 0 atom stereocenters. The molecule has 0 aliphatic heterocycles. The van der Waals surface area contributed by atoms with Gasteiger partial charge in [-0.05, 0) is 50.4 Å². The van der Waals surface area contributed by atoms with E-state index in [9.17, 15) is 8.42 Å². The second-order valence-corrected chi connectivity index (χ2v) is 7.36. The number of hydrogen-bond acceptors (Lipinski definition) is 4. The average Bonchev–Trinajstić information content (AvgIpc) is 2.83. The van der Waals surface area contributed by atoms with Crippen molar-refractivity contribution >= 4 is 27.0 Å². The van der Waals surface area contributed by atoms with E-state index in [0.717, 1.165) is 12.2 Å². The molecule has 1 aromatic carbocycles. The molecule has 0 spiro atoms. The zero-order chi connectivity index (χ0) is 13.9. The van der Waals surface area contributed by atoms with E-state index in [0.29, 0.717) is 0 Å². The predicted octanol–water partition coefficient (Wildman–Crippen LogP) is 2.58. The van der Waals surface area contributed by atoms with Crippen molar-refractivity contribution in [2.24, 2.45) is 0 Å². The fourth-order valence-electron chi connectivity index (χ4n) is 1.64. The lowest BCUT2D eigenvalue weighted by atomic mass is 10.3. The molecule has 0 saturated carbocycles. The fourth-order valence-corrected chi connectivity index (χ4v) is 3.20. The number of nitrogens with one attached hydrogen (secondary N) is 2. The first-order valence-corrected chi connectivity index (χ1v) is 8.14. The van der Waals surface area contributed by atoms with Crippen LogP contribution in [0.5, 0.6) is 0 Å². The molecule has 0 aliphatic carbocycles. The highest BCUT2D eigenvalue weighted by Crippen LogP contribution is 2.18. The normalized spacial score (nSPS) is 11.5. The molecule has 0 radical (unpaired) electrons. The van der Waals surface area contributed by atoms with Crippen molar-refractivity contribution < 1.29 is 8.42 Å². The molecule has 0 aliphatic rings. The lowest BCUT2D eigenvalue weighted by molar-refractivity contribution is 0.588. The van der Waals surface area contributed by atoms with Crippen LogP contribution >= 0.6 is 11.3 Å². The topological polar surface area (TPSA) is 58.2 Å². The molecule has 0 unspecified atom stereocenters. The maximum absolute atomic E-state index is 11.6. The zero-order valence-corrected chi connectivity index (χ0v) is 12.4. The largest absolute Gasteiger partial charge is 0.380 e. The summed E-state index contributed by atoms with van der Waals surface area (Å²) in [5, 5.41) is 3.27. The Morgan fingerprint density at radius 2 is 1.79 bits per heavy atom. The summed E-state index contributed by atoms with van der Waals surface area (Å²) in [6.45, 7) is 2.82. The molecule has 4 nitrogen and oxygen atoms in total. The SMILES string of the molecule is CNS(=O)(=O)c1ccc(NCc2ccc(C)s2)cc1. The highest BCUT2D eigenvalue weighted by molar-refractivity contribution is 7.89. The van der Waals surface area contributed by atoms with Crippen LogP contribution in [0.4, 0.5) is 5.69 Å². The van der Waals surface area contributed by atoms with Crippen LogP contribution in [0.25, 0.3) is 0 Å². The molecular formula is C13H16N2O2S2. The Bertz CT molecular complexity index is 646. The van der Waals surface area contributed by atoms with Gasteiger partial charge in [-0.2, -0.15) is 0 Å². The number of thiophene rings is 1. The smallest absolute Gasteiger partial charge is 0.240 e. The standard InChI is InChI=1S/C13H16N2O2S2/c1-10-3-6-12(18-10)9-15-11-4-7-13(8-5-11)19(16,17)14-2/h3-8,14-15H,9H2,1-2H3. The summed E-state index contributed by atoms with van der Waals surface area (Å²) in [6, 6.07) is 10.9. The quantitative estimate of drug-likeness (QED) is 0.891. The summed E-state index contributed by atoms with van der Waals surface area (Å²) in [5.74, 6) is 0. The van der Waals surface area contributed by atoms with Crippen molar-refractivity contribution in [2.45, 2.75) is 18.4 Å². The lowest BCUT2D eigenvalue weighted by Crippen LogP contribution is -2.18. The summed E-state index contributed by atoms with van der Waals surface area (Å²) in [7, 11) is -1.95. The Morgan fingerprint density at radius 1 is 1.11 bits per heavy atom. The van der Waals surface area contributed by atoms with Gasteiger partial charge in [0.15, 0.2) is 0 Å². The highest BCUT2D eigenvalue weighted by atomic mass is 32.2. The molecule has 2 rings (SSSR count). The van der Waals surface area contributed by atoms with Crippen molar-refractivity contribution in [1.29, 1.82) is 0 Å². The van der Waals surface area contributed by atoms with Gasteiger partial charge in [-0.3, -0.25) is 0 Å². The number of aryl methyl sites for hydroxylation is 1. The first kappa shape index (κ1) is 14.0. The minimum atomic E-state index is -3.35. The van der Waals surface area contributed by atoms with Crippen molar-refractivity contribution in [1.82, 2.24) is 4.72 Å². The Labute approximate surface area is 117 Å². The van der Waals surface area contributed by atoms with E-state index in [-0.39, 0.29) is 4.90 Å². The maximum Gasteiger partial charge on any atom is 0.240 e. The molecule has 19 heavy (non-hydrogen) atoms. The monoisotopic (exact) mass is 296 g/mol. The van der Waals surface area contributed by atoms with Gasteiger partial charge in [0, 0.05) is 22.0 Å². The Balaban J connectivity index is 2.03. The molecule has 102 valence electrons. The molecule has 2 aromatic rings. The molecule has 0 bridgehead atoms. The van der Waals surface area contributed by atoms with E-state index in [1.807, 2.05) is 0 Å². The average molecular weight is 296 g/mol. The van der Waals surface area contributed by atoms with Crippen molar-refractivity contribution in [3.63, 3.8) is 0 Å². The summed E-state index contributed by atoms with van der Waals surface area (Å²) in [5.41, 5.74) is 0.904. The van der Waals surface area contributed by atoms with Gasteiger partial charge in [0.2, 0.25) is 10.0 Å². The van der Waals surface area contributed by atoms with Crippen LogP contribution in [0.15, 0.2) is 41.3 Å². The van der Waals surface area contributed by atoms with Crippen LogP contribution in [0.2, 0.25) is 0 Å². The molecule has 2 N–H and O–H groups in total. The first-order chi connectivity index (χ1) is 9.01. The van der Waals surface area contributed by atoms with Crippen LogP contribution in [-0.2, 0) is 16.6 Å². The third-order valence-electron chi connectivity index (χ3n) is 2.70. The molecule has 0 saturated heterocycles. The van der Waals surface area contributed by atoms with E-state index in [2.05, 4.69) is 29.1 Å². The number of rotatable bonds is 5. The molecule has 0 fully saturated rings. The van der Waals surface area contributed by atoms with Gasteiger partial charge in [0.05, 0.1) is 4.90 Å². The van der Waals surface area contributed by atoms with Crippen molar-refractivity contribution in [3.05, 3.63) is 46.2 Å². The molecular weight excluding hydrogens is 280 g/mol. The van der Waals surface area contributed by atoms with E-state index in [1.54, 1.807) is 35.6 Å². The zero-order valence-electron chi connectivity index (χ0n) is 10.8. The second kappa shape index (κ2) is 5.73. The van der Waals surface area contributed by atoms with Crippen LogP contribution in [0.3, 0.4) is 0 Å². The van der Waals surface area contributed by atoms with Gasteiger partial charge in [0.25, 0.3) is 0 Å². The van der Waals surface area contributed by atoms with Gasteiger partial charge >= 0.3 is 0 Å². The molecule has 6 heteroatoms. The first-order valence-electron chi connectivity index (χ1n) is 5.84. The van der Waals surface area contributed by atoms with E-state index in [4.69, 9.17) is 0 Å². The Morgan fingerprint density at radius 3 is 2.32 bits per heavy atom. The van der Waals surface area contributed by atoms with E-state index >= 15 is 0 Å². The van der Waals surface area contributed by atoms with Crippen molar-refractivity contribution in [3.8, 4) is 0 Å². The van der Waals surface area contributed by atoms with Gasteiger partial charge in [-0.25, -0.2) is 13.1 Å². The number of sulfonamides is 1. The summed E-state index contributed by atoms with van der Waals surface area (Å²) < 4.78 is 25.4. The van der Waals surface area contributed by atoms with Crippen molar-refractivity contribution in [2.75, 3.05) is 12.4 Å². The summed E-state index contributed by atoms with van der Waals surface area (Å²) >= 11 is 1.75. The highest BCUT2D eigenvalue weighted by Gasteiger charge is 2.10. The van der Waals surface area contributed by atoms with Crippen LogP contribution in [-0.4, -0.2) is 15.5 Å². The van der Waals surface area contributed by atoms with E-state index in [1.165, 1.54) is 16.8 Å². The fraction of sp³-hybridized carbons (Fsp3) is 0.231. The molecule has 1 aromatic heterocycles.